The minimum Gasteiger partial charge on any atom is -0.504 e. The summed E-state index contributed by atoms with van der Waals surface area (Å²) in [6.07, 6.45) is 0. The molecule has 138 valence electrons. The first-order valence-electron chi connectivity index (χ1n) is 8.05. The third-order valence-corrected chi connectivity index (χ3v) is 2.67. The highest BCUT2D eigenvalue weighted by atomic mass is 16.5. The number of benzene rings is 2. The molecule has 0 amide bonds. The molecular formula is C20H28O5. The maximum Gasteiger partial charge on any atom is 0.200 e. The Morgan fingerprint density at radius 3 is 1.16 bits per heavy atom. The van der Waals surface area contributed by atoms with Gasteiger partial charge in [0, 0.05) is 0 Å². The molecule has 25 heavy (non-hydrogen) atoms. The first kappa shape index (κ1) is 20.5. The van der Waals surface area contributed by atoms with Crippen molar-refractivity contribution in [3.05, 3.63) is 42.5 Å². The van der Waals surface area contributed by atoms with E-state index in [2.05, 4.69) is 0 Å². The lowest BCUT2D eigenvalue weighted by Gasteiger charge is -2.23. The van der Waals surface area contributed by atoms with Crippen molar-refractivity contribution in [3.63, 3.8) is 0 Å². The Bertz CT molecular complexity index is 609. The lowest BCUT2D eigenvalue weighted by molar-refractivity contribution is 0.125. The van der Waals surface area contributed by atoms with E-state index in [4.69, 9.17) is 24.8 Å². The Labute approximate surface area is 149 Å². The van der Waals surface area contributed by atoms with Crippen molar-refractivity contribution in [1.29, 1.82) is 0 Å². The second-order valence-corrected chi connectivity index (χ2v) is 7.55. The molecular weight excluding hydrogens is 320 g/mol. The van der Waals surface area contributed by atoms with Gasteiger partial charge in [-0.05, 0) is 77.9 Å². The lowest BCUT2D eigenvalue weighted by atomic mass is 10.2. The fourth-order valence-corrected chi connectivity index (χ4v) is 1.80. The molecule has 5 nitrogen and oxygen atoms in total. The zero-order valence-corrected chi connectivity index (χ0v) is 15.7. The fourth-order valence-electron chi connectivity index (χ4n) is 1.80. The third kappa shape index (κ3) is 8.20. The number of para-hydroxylation sites is 1. The van der Waals surface area contributed by atoms with Crippen molar-refractivity contribution in [1.82, 2.24) is 0 Å². The predicted octanol–water partition coefficient (Wildman–Crippen LogP) is 4.84. The molecule has 0 saturated heterocycles. The van der Waals surface area contributed by atoms with Crippen molar-refractivity contribution < 1.29 is 24.8 Å². The van der Waals surface area contributed by atoms with E-state index in [-0.39, 0.29) is 22.7 Å². The van der Waals surface area contributed by atoms with Crippen molar-refractivity contribution in [2.45, 2.75) is 52.7 Å². The summed E-state index contributed by atoms with van der Waals surface area (Å²) in [7, 11) is 0. The van der Waals surface area contributed by atoms with Crippen LogP contribution in [-0.2, 0) is 0 Å². The van der Waals surface area contributed by atoms with Crippen LogP contribution >= 0.6 is 0 Å². The Morgan fingerprint density at radius 1 is 0.600 bits per heavy atom. The van der Waals surface area contributed by atoms with Crippen LogP contribution in [0.1, 0.15) is 41.5 Å². The average molecular weight is 348 g/mol. The Hall–Kier alpha value is -2.56. The van der Waals surface area contributed by atoms with Crippen molar-refractivity contribution in [2.75, 3.05) is 0 Å². The van der Waals surface area contributed by atoms with Gasteiger partial charge >= 0.3 is 0 Å². The van der Waals surface area contributed by atoms with Gasteiger partial charge in [-0.15, -0.1) is 0 Å². The van der Waals surface area contributed by atoms with E-state index in [9.17, 15) is 0 Å². The molecule has 0 bridgehead atoms. The Balaban J connectivity index is 0.000000293. The van der Waals surface area contributed by atoms with E-state index in [1.807, 2.05) is 65.8 Å². The SMILES string of the molecule is CC(C)(C)Oc1ccc(OC(C)(C)C)cc1.Oc1cccc(O)c1O. The van der Waals surface area contributed by atoms with Crippen LogP contribution in [0.2, 0.25) is 0 Å². The lowest BCUT2D eigenvalue weighted by Crippen LogP contribution is -2.23. The van der Waals surface area contributed by atoms with Gasteiger partial charge < -0.3 is 24.8 Å². The molecule has 0 radical (unpaired) electrons. The normalized spacial score (nSPS) is 11.3. The van der Waals surface area contributed by atoms with Gasteiger partial charge in [0.15, 0.2) is 17.2 Å². The standard InChI is InChI=1S/C14H22O2.C6H6O3/c1-13(2,3)15-11-7-9-12(10-8-11)16-14(4,5)6;7-4-2-1-3-5(8)6(4)9/h7-10H,1-6H3;1-3,7-9H. The van der Waals surface area contributed by atoms with Crippen LogP contribution in [0.3, 0.4) is 0 Å². The minimum atomic E-state index is -0.475. The van der Waals surface area contributed by atoms with E-state index in [1.165, 1.54) is 18.2 Å². The van der Waals surface area contributed by atoms with Crippen LogP contribution in [0.5, 0.6) is 28.7 Å². The number of hydrogen-bond donors (Lipinski definition) is 3. The highest BCUT2D eigenvalue weighted by molar-refractivity contribution is 5.47. The molecule has 0 atom stereocenters. The van der Waals surface area contributed by atoms with Crippen LogP contribution < -0.4 is 9.47 Å². The average Bonchev–Trinajstić information content (AvgIpc) is 2.44. The summed E-state index contributed by atoms with van der Waals surface area (Å²) < 4.78 is 11.5. The Kier molecular flexibility index (Phi) is 6.56. The summed E-state index contributed by atoms with van der Waals surface area (Å²) in [6.45, 7) is 12.2. The van der Waals surface area contributed by atoms with Crippen LogP contribution in [0, 0.1) is 0 Å². The highest BCUT2D eigenvalue weighted by Gasteiger charge is 2.13. The number of ether oxygens (including phenoxy) is 2. The van der Waals surface area contributed by atoms with E-state index in [0.717, 1.165) is 11.5 Å². The topological polar surface area (TPSA) is 79.2 Å². The monoisotopic (exact) mass is 348 g/mol. The van der Waals surface area contributed by atoms with E-state index in [1.54, 1.807) is 0 Å². The number of phenols is 3. The first-order chi connectivity index (χ1) is 11.4. The number of phenolic OH excluding ortho intramolecular Hbond substituents is 3. The molecule has 0 unspecified atom stereocenters. The molecule has 2 aromatic rings. The number of hydrogen-bond acceptors (Lipinski definition) is 5. The molecule has 3 N–H and O–H groups in total. The third-order valence-electron chi connectivity index (χ3n) is 2.67. The molecule has 0 saturated carbocycles. The quantitative estimate of drug-likeness (QED) is 0.677. The van der Waals surface area contributed by atoms with Gasteiger partial charge in [0.25, 0.3) is 0 Å². The Morgan fingerprint density at radius 2 is 0.920 bits per heavy atom. The van der Waals surface area contributed by atoms with Gasteiger partial charge in [-0.2, -0.15) is 0 Å². The predicted molar refractivity (Wildman–Crippen MR) is 98.6 cm³/mol. The van der Waals surface area contributed by atoms with Crippen molar-refractivity contribution in [3.8, 4) is 28.7 Å². The zero-order valence-electron chi connectivity index (χ0n) is 15.7. The molecule has 0 fully saturated rings. The summed E-state index contributed by atoms with van der Waals surface area (Å²) >= 11 is 0. The molecule has 0 spiro atoms. The largest absolute Gasteiger partial charge is 0.504 e. The smallest absolute Gasteiger partial charge is 0.200 e. The van der Waals surface area contributed by atoms with Crippen LogP contribution in [-0.4, -0.2) is 26.5 Å². The van der Waals surface area contributed by atoms with E-state index < -0.39 is 5.75 Å². The zero-order chi connectivity index (χ0) is 19.3. The summed E-state index contributed by atoms with van der Waals surface area (Å²) in [5.41, 5.74) is -0.321. The van der Waals surface area contributed by atoms with Crippen molar-refractivity contribution >= 4 is 0 Å². The molecule has 0 heterocycles. The van der Waals surface area contributed by atoms with Gasteiger partial charge in [-0.3, -0.25) is 0 Å². The summed E-state index contributed by atoms with van der Waals surface area (Å²) in [4.78, 5) is 0. The van der Waals surface area contributed by atoms with Gasteiger partial charge in [0.05, 0.1) is 0 Å². The minimum absolute atomic E-state index is 0.160. The number of aromatic hydroxyl groups is 3. The fraction of sp³-hybridized carbons (Fsp3) is 0.400. The molecule has 0 aliphatic carbocycles. The van der Waals surface area contributed by atoms with E-state index >= 15 is 0 Å². The maximum atomic E-state index is 8.71. The van der Waals surface area contributed by atoms with Gasteiger partial charge in [-0.1, -0.05) is 6.07 Å². The molecule has 0 aliphatic heterocycles. The van der Waals surface area contributed by atoms with Gasteiger partial charge in [-0.25, -0.2) is 0 Å². The summed E-state index contributed by atoms with van der Waals surface area (Å²) in [6, 6.07) is 11.8. The van der Waals surface area contributed by atoms with Crippen molar-refractivity contribution in [2.24, 2.45) is 0 Å². The summed E-state index contributed by atoms with van der Waals surface area (Å²) in [5.74, 6) is 0.644. The summed E-state index contributed by atoms with van der Waals surface area (Å²) in [5, 5.41) is 26.1. The second kappa shape index (κ2) is 8.01. The van der Waals surface area contributed by atoms with Crippen LogP contribution in [0.25, 0.3) is 0 Å². The number of rotatable bonds is 2. The molecule has 2 aromatic carbocycles. The second-order valence-electron chi connectivity index (χ2n) is 7.55. The maximum absolute atomic E-state index is 8.71. The van der Waals surface area contributed by atoms with Gasteiger partial charge in [0.1, 0.15) is 22.7 Å². The molecule has 5 heteroatoms. The van der Waals surface area contributed by atoms with Gasteiger partial charge in [0.2, 0.25) is 0 Å². The molecule has 0 aliphatic rings. The highest BCUT2D eigenvalue weighted by Crippen LogP contribution is 2.32. The first-order valence-corrected chi connectivity index (χ1v) is 8.05. The molecule has 2 rings (SSSR count). The van der Waals surface area contributed by atoms with Crippen LogP contribution in [0.15, 0.2) is 42.5 Å². The van der Waals surface area contributed by atoms with E-state index in [0.29, 0.717) is 0 Å². The molecule has 0 aromatic heterocycles. The van der Waals surface area contributed by atoms with Crippen LogP contribution in [0.4, 0.5) is 0 Å².